The number of fused-ring (bicyclic) bond motifs is 5. The molecule has 0 heterocycles. The summed E-state index contributed by atoms with van der Waals surface area (Å²) in [6, 6.07) is 0. The minimum absolute atomic E-state index is 0.0970. The summed E-state index contributed by atoms with van der Waals surface area (Å²) in [7, 11) is -4.32. The molecule has 1 N–H and O–H groups in total. The molecule has 4 aliphatic carbocycles. The Morgan fingerprint density at radius 2 is 1.69 bits per heavy atom. The summed E-state index contributed by atoms with van der Waals surface area (Å²) in [5.74, 6) is 3.69. The zero-order valence-electron chi connectivity index (χ0n) is 19.0. The van der Waals surface area contributed by atoms with E-state index in [9.17, 15) is 8.42 Å². The fraction of sp³-hybridized carbons (Fsp3) is 1.00. The van der Waals surface area contributed by atoms with Gasteiger partial charge in [-0.3, -0.25) is 4.55 Å². The Kier molecular flexibility index (Phi) is 5.69. The van der Waals surface area contributed by atoms with Gasteiger partial charge in [0.05, 0.1) is 6.61 Å². The predicted molar refractivity (Wildman–Crippen MR) is 116 cm³/mol. The lowest BCUT2D eigenvalue weighted by atomic mass is 9.40. The van der Waals surface area contributed by atoms with Crippen LogP contribution in [-0.4, -0.2) is 19.6 Å². The van der Waals surface area contributed by atoms with Crippen molar-refractivity contribution in [3.63, 3.8) is 0 Å². The van der Waals surface area contributed by atoms with E-state index in [1.165, 1.54) is 64.2 Å². The van der Waals surface area contributed by atoms with Gasteiger partial charge in [-0.05, 0) is 104 Å². The molecule has 4 aliphatic rings. The first-order chi connectivity index (χ1) is 13.5. The lowest BCUT2D eigenvalue weighted by molar-refractivity contribution is -0.154. The minimum atomic E-state index is -4.32. The Labute approximate surface area is 178 Å². The maximum absolute atomic E-state index is 10.9. The van der Waals surface area contributed by atoms with Crippen LogP contribution in [0.3, 0.4) is 0 Å². The molecule has 4 saturated carbocycles. The largest absolute Gasteiger partial charge is 0.397 e. The van der Waals surface area contributed by atoms with Gasteiger partial charge in [-0.1, -0.05) is 40.5 Å². The van der Waals surface area contributed by atoms with E-state index in [-0.39, 0.29) is 6.61 Å². The molecule has 0 aromatic heterocycles. The van der Waals surface area contributed by atoms with Gasteiger partial charge in [0.1, 0.15) is 0 Å². The highest BCUT2D eigenvalue weighted by atomic mass is 32.3. The summed E-state index contributed by atoms with van der Waals surface area (Å²) < 4.78 is 35.3. The SMILES string of the molecule is C[C@H](CCOS(=O)(=O)O)C1CCC2C3CCC4(C)CCCCC4(C)C3CCC21C. The third-order valence-electron chi connectivity index (χ3n) is 10.9. The van der Waals surface area contributed by atoms with E-state index in [2.05, 4.69) is 31.9 Å². The number of hydrogen-bond acceptors (Lipinski definition) is 3. The highest BCUT2D eigenvalue weighted by Crippen LogP contribution is 2.71. The van der Waals surface area contributed by atoms with E-state index in [4.69, 9.17) is 4.55 Å². The zero-order valence-corrected chi connectivity index (χ0v) is 19.8. The van der Waals surface area contributed by atoms with Crippen molar-refractivity contribution in [3.8, 4) is 0 Å². The van der Waals surface area contributed by atoms with Crippen molar-refractivity contribution in [2.45, 2.75) is 98.3 Å². The molecule has 5 heteroatoms. The van der Waals surface area contributed by atoms with Gasteiger partial charge in [0, 0.05) is 0 Å². The molecule has 4 rings (SSSR count). The van der Waals surface area contributed by atoms with E-state index >= 15 is 0 Å². The molecule has 0 radical (unpaired) electrons. The summed E-state index contributed by atoms with van der Waals surface area (Å²) in [4.78, 5) is 0. The maximum Gasteiger partial charge on any atom is 0.397 e. The molecule has 8 atom stereocenters. The highest BCUT2D eigenvalue weighted by molar-refractivity contribution is 7.80. The Morgan fingerprint density at radius 3 is 2.41 bits per heavy atom. The van der Waals surface area contributed by atoms with E-state index in [0.29, 0.717) is 34.5 Å². The van der Waals surface area contributed by atoms with Crippen molar-refractivity contribution in [1.82, 2.24) is 0 Å². The van der Waals surface area contributed by atoms with Crippen molar-refractivity contribution in [3.05, 3.63) is 0 Å². The van der Waals surface area contributed by atoms with Crippen LogP contribution in [0.15, 0.2) is 0 Å². The third kappa shape index (κ3) is 3.61. The lowest BCUT2D eigenvalue weighted by Gasteiger charge is -2.65. The molecule has 0 spiro atoms. The molecule has 0 aromatic carbocycles. The normalized spacial score (nSPS) is 48.4. The summed E-state index contributed by atoms with van der Waals surface area (Å²) in [6.45, 7) is 10.2. The van der Waals surface area contributed by atoms with Crippen LogP contribution in [0.5, 0.6) is 0 Å². The average Bonchev–Trinajstić information content (AvgIpc) is 2.98. The quantitative estimate of drug-likeness (QED) is 0.526. The van der Waals surface area contributed by atoms with Crippen LogP contribution >= 0.6 is 0 Å². The molecule has 4 fully saturated rings. The van der Waals surface area contributed by atoms with Crippen LogP contribution in [0.2, 0.25) is 0 Å². The lowest BCUT2D eigenvalue weighted by Crippen LogP contribution is -2.56. The molecule has 0 amide bonds. The Bertz CT molecular complexity index is 720. The molecule has 0 bridgehead atoms. The summed E-state index contributed by atoms with van der Waals surface area (Å²) in [6.07, 6.45) is 14.6. The molecular formula is C24H42O4S. The topological polar surface area (TPSA) is 63.6 Å². The molecule has 0 aliphatic heterocycles. The van der Waals surface area contributed by atoms with Gasteiger partial charge in [-0.15, -0.1) is 0 Å². The highest BCUT2D eigenvalue weighted by Gasteiger charge is 2.62. The number of rotatable bonds is 5. The molecule has 7 unspecified atom stereocenters. The van der Waals surface area contributed by atoms with E-state index in [0.717, 1.165) is 17.8 Å². The molecule has 0 aromatic rings. The van der Waals surface area contributed by atoms with E-state index in [1.54, 1.807) is 0 Å². The average molecular weight is 427 g/mol. The number of hydrogen-bond donors (Lipinski definition) is 1. The van der Waals surface area contributed by atoms with Crippen LogP contribution < -0.4 is 0 Å². The van der Waals surface area contributed by atoms with Crippen molar-refractivity contribution < 1.29 is 17.2 Å². The molecule has 29 heavy (non-hydrogen) atoms. The fourth-order valence-corrected chi connectivity index (χ4v) is 9.43. The van der Waals surface area contributed by atoms with Gasteiger partial charge in [-0.25, -0.2) is 4.18 Å². The second-order valence-electron chi connectivity index (χ2n) is 11.8. The van der Waals surface area contributed by atoms with Gasteiger partial charge in [0.25, 0.3) is 0 Å². The van der Waals surface area contributed by atoms with Crippen molar-refractivity contribution in [2.24, 2.45) is 45.8 Å². The van der Waals surface area contributed by atoms with E-state index in [1.807, 2.05) is 0 Å². The third-order valence-corrected chi connectivity index (χ3v) is 11.4. The first kappa shape index (κ1) is 22.1. The predicted octanol–water partition coefficient (Wildman–Crippen LogP) is 6.27. The van der Waals surface area contributed by atoms with Gasteiger partial charge >= 0.3 is 10.4 Å². The van der Waals surface area contributed by atoms with Crippen LogP contribution in [0.4, 0.5) is 0 Å². The molecular weight excluding hydrogens is 384 g/mol. The summed E-state index contributed by atoms with van der Waals surface area (Å²) >= 11 is 0. The Hall–Kier alpha value is -0.130. The van der Waals surface area contributed by atoms with Crippen LogP contribution in [0.1, 0.15) is 98.3 Å². The van der Waals surface area contributed by atoms with Crippen LogP contribution in [-0.2, 0) is 14.6 Å². The maximum atomic E-state index is 10.9. The minimum Gasteiger partial charge on any atom is -0.264 e. The van der Waals surface area contributed by atoms with Gasteiger partial charge in [0.2, 0.25) is 0 Å². The second-order valence-corrected chi connectivity index (χ2v) is 12.9. The van der Waals surface area contributed by atoms with Crippen molar-refractivity contribution in [2.75, 3.05) is 6.61 Å². The van der Waals surface area contributed by atoms with Gasteiger partial charge < -0.3 is 0 Å². The van der Waals surface area contributed by atoms with Gasteiger partial charge in [0.15, 0.2) is 0 Å². The van der Waals surface area contributed by atoms with Crippen molar-refractivity contribution >= 4 is 10.4 Å². The van der Waals surface area contributed by atoms with Gasteiger partial charge in [-0.2, -0.15) is 8.42 Å². The monoisotopic (exact) mass is 426 g/mol. The van der Waals surface area contributed by atoms with Crippen molar-refractivity contribution in [1.29, 1.82) is 0 Å². The summed E-state index contributed by atoms with van der Waals surface area (Å²) in [5, 5.41) is 0. The van der Waals surface area contributed by atoms with Crippen LogP contribution in [0, 0.1) is 45.8 Å². The summed E-state index contributed by atoms with van der Waals surface area (Å²) in [5.41, 5.74) is 1.47. The Balaban J connectivity index is 1.48. The van der Waals surface area contributed by atoms with Crippen LogP contribution in [0.25, 0.3) is 0 Å². The zero-order chi connectivity index (χ0) is 21.1. The molecule has 0 saturated heterocycles. The van der Waals surface area contributed by atoms with E-state index < -0.39 is 10.4 Å². The molecule has 4 nitrogen and oxygen atoms in total. The smallest absolute Gasteiger partial charge is 0.264 e. The standard InChI is InChI=1S/C24H42O4S/c1-17(11-16-28-29(25,26)27)19-7-8-20-18-9-14-22(2)12-5-6-13-24(22,4)21(18)10-15-23(19,20)3/h17-21H,5-16H2,1-4H3,(H,25,26,27)/t17-,18?,19?,20?,21?,22?,23?,24?/m1/s1. The first-order valence-corrected chi connectivity index (χ1v) is 13.5. The molecule has 168 valence electrons. The second kappa shape index (κ2) is 7.48. The first-order valence-electron chi connectivity index (χ1n) is 12.1. The fourth-order valence-electron chi connectivity index (χ4n) is 9.12. The Morgan fingerprint density at radius 1 is 0.966 bits per heavy atom.